The molecular formula is C13H12Cl2N2. The molecule has 0 aliphatic carbocycles. The van der Waals surface area contributed by atoms with Crippen molar-refractivity contribution < 1.29 is 0 Å². The Morgan fingerprint density at radius 2 is 2.00 bits per heavy atom. The smallest absolute Gasteiger partial charge is 0.0595 e. The fraction of sp³-hybridized carbons (Fsp3) is 0.154. The summed E-state index contributed by atoms with van der Waals surface area (Å²) >= 11 is 11.8. The molecule has 2 nitrogen and oxygen atoms in total. The molecule has 0 spiro atoms. The van der Waals surface area contributed by atoms with Gasteiger partial charge in [0, 0.05) is 18.4 Å². The summed E-state index contributed by atoms with van der Waals surface area (Å²) in [6.45, 7) is 0. The summed E-state index contributed by atoms with van der Waals surface area (Å²) in [5.41, 5.74) is 8.18. The van der Waals surface area contributed by atoms with Crippen molar-refractivity contribution in [1.29, 1.82) is 0 Å². The lowest BCUT2D eigenvalue weighted by atomic mass is 10.0. The molecule has 1 unspecified atom stereocenters. The van der Waals surface area contributed by atoms with Crippen molar-refractivity contribution in [2.24, 2.45) is 5.73 Å². The molecule has 0 saturated carbocycles. The number of nitrogens with zero attached hydrogens (tertiary/aromatic N) is 1. The SMILES string of the molecule is NC(Cc1ccc(Cl)c(Cl)c1)c1cccnc1. The Hall–Kier alpha value is -1.09. The lowest BCUT2D eigenvalue weighted by molar-refractivity contribution is 0.718. The number of nitrogens with two attached hydrogens (primary N) is 1. The average molecular weight is 267 g/mol. The van der Waals surface area contributed by atoms with E-state index < -0.39 is 0 Å². The second kappa shape index (κ2) is 5.50. The van der Waals surface area contributed by atoms with E-state index in [0.717, 1.165) is 11.1 Å². The Labute approximate surface area is 110 Å². The first kappa shape index (κ1) is 12.4. The van der Waals surface area contributed by atoms with E-state index in [0.29, 0.717) is 16.5 Å². The molecule has 0 saturated heterocycles. The van der Waals surface area contributed by atoms with Gasteiger partial charge in [-0.25, -0.2) is 0 Å². The largest absolute Gasteiger partial charge is 0.324 e. The van der Waals surface area contributed by atoms with Gasteiger partial charge in [-0.3, -0.25) is 4.98 Å². The number of benzene rings is 1. The fourth-order valence-electron chi connectivity index (χ4n) is 1.63. The van der Waals surface area contributed by atoms with E-state index in [1.54, 1.807) is 18.5 Å². The van der Waals surface area contributed by atoms with Gasteiger partial charge in [0.05, 0.1) is 10.0 Å². The third kappa shape index (κ3) is 3.19. The first-order chi connectivity index (χ1) is 8.16. The summed E-state index contributed by atoms with van der Waals surface area (Å²) < 4.78 is 0. The first-order valence-electron chi connectivity index (χ1n) is 5.26. The quantitative estimate of drug-likeness (QED) is 0.922. The molecule has 0 aliphatic heterocycles. The van der Waals surface area contributed by atoms with Crippen molar-refractivity contribution in [3.05, 3.63) is 63.9 Å². The monoisotopic (exact) mass is 266 g/mol. The van der Waals surface area contributed by atoms with Crippen LogP contribution < -0.4 is 5.73 Å². The van der Waals surface area contributed by atoms with Gasteiger partial charge in [0.15, 0.2) is 0 Å². The normalized spacial score (nSPS) is 12.4. The van der Waals surface area contributed by atoms with Crippen LogP contribution in [0.4, 0.5) is 0 Å². The number of halogens is 2. The zero-order chi connectivity index (χ0) is 12.3. The maximum atomic E-state index is 6.10. The van der Waals surface area contributed by atoms with Crippen LogP contribution in [0, 0.1) is 0 Å². The van der Waals surface area contributed by atoms with Crippen molar-refractivity contribution in [3.8, 4) is 0 Å². The van der Waals surface area contributed by atoms with E-state index in [1.165, 1.54) is 0 Å². The lowest BCUT2D eigenvalue weighted by Gasteiger charge is -2.12. The minimum Gasteiger partial charge on any atom is -0.324 e. The van der Waals surface area contributed by atoms with Gasteiger partial charge >= 0.3 is 0 Å². The summed E-state index contributed by atoms with van der Waals surface area (Å²) in [4.78, 5) is 4.05. The number of rotatable bonds is 3. The molecule has 17 heavy (non-hydrogen) atoms. The summed E-state index contributed by atoms with van der Waals surface area (Å²) in [5, 5.41) is 1.12. The summed E-state index contributed by atoms with van der Waals surface area (Å²) in [6.07, 6.45) is 4.22. The van der Waals surface area contributed by atoms with E-state index >= 15 is 0 Å². The van der Waals surface area contributed by atoms with E-state index in [-0.39, 0.29) is 6.04 Å². The fourth-order valence-corrected chi connectivity index (χ4v) is 1.95. The molecule has 1 aromatic carbocycles. The maximum Gasteiger partial charge on any atom is 0.0595 e. The number of aromatic nitrogens is 1. The van der Waals surface area contributed by atoms with Crippen LogP contribution >= 0.6 is 23.2 Å². The van der Waals surface area contributed by atoms with Gasteiger partial charge < -0.3 is 5.73 Å². The molecule has 0 fully saturated rings. The lowest BCUT2D eigenvalue weighted by Crippen LogP contribution is -2.13. The summed E-state index contributed by atoms with van der Waals surface area (Å²) in [7, 11) is 0. The van der Waals surface area contributed by atoms with Crippen LogP contribution in [0.25, 0.3) is 0 Å². The average Bonchev–Trinajstić information content (AvgIpc) is 2.35. The van der Waals surface area contributed by atoms with Crippen LogP contribution in [0.1, 0.15) is 17.2 Å². The predicted octanol–water partition coefficient (Wildman–Crippen LogP) is 3.63. The highest BCUT2D eigenvalue weighted by atomic mass is 35.5. The molecule has 1 heterocycles. The molecule has 1 aromatic heterocycles. The van der Waals surface area contributed by atoms with Crippen molar-refractivity contribution >= 4 is 23.2 Å². The molecular weight excluding hydrogens is 255 g/mol. The summed E-state index contributed by atoms with van der Waals surface area (Å²) in [5.74, 6) is 0. The molecule has 88 valence electrons. The zero-order valence-corrected chi connectivity index (χ0v) is 10.6. The number of pyridine rings is 1. The Morgan fingerprint density at radius 3 is 2.65 bits per heavy atom. The standard InChI is InChI=1S/C13H12Cl2N2/c14-11-4-3-9(6-12(11)15)7-13(16)10-2-1-5-17-8-10/h1-6,8,13H,7,16H2. The molecule has 2 aromatic rings. The highest BCUT2D eigenvalue weighted by Crippen LogP contribution is 2.24. The predicted molar refractivity (Wildman–Crippen MR) is 71.3 cm³/mol. The van der Waals surface area contributed by atoms with Gasteiger partial charge in [-0.05, 0) is 35.7 Å². The number of hydrogen-bond donors (Lipinski definition) is 1. The van der Waals surface area contributed by atoms with Crippen LogP contribution in [0.3, 0.4) is 0 Å². The molecule has 0 amide bonds. The van der Waals surface area contributed by atoms with Gasteiger partial charge in [0.2, 0.25) is 0 Å². The van der Waals surface area contributed by atoms with Crippen molar-refractivity contribution in [1.82, 2.24) is 4.98 Å². The minimum atomic E-state index is -0.0825. The van der Waals surface area contributed by atoms with Gasteiger partial charge in [-0.2, -0.15) is 0 Å². The van der Waals surface area contributed by atoms with E-state index in [9.17, 15) is 0 Å². The topological polar surface area (TPSA) is 38.9 Å². The van der Waals surface area contributed by atoms with Gasteiger partial charge in [-0.1, -0.05) is 35.3 Å². The van der Waals surface area contributed by atoms with E-state index in [2.05, 4.69) is 4.98 Å². The first-order valence-corrected chi connectivity index (χ1v) is 6.02. The van der Waals surface area contributed by atoms with Crippen LogP contribution in [0.2, 0.25) is 10.0 Å². The van der Waals surface area contributed by atoms with Crippen LogP contribution in [0.15, 0.2) is 42.7 Å². The molecule has 1 atom stereocenters. The molecule has 0 bridgehead atoms. The van der Waals surface area contributed by atoms with Gasteiger partial charge in [0.1, 0.15) is 0 Å². The Kier molecular flexibility index (Phi) is 4.00. The Morgan fingerprint density at radius 1 is 1.18 bits per heavy atom. The third-order valence-electron chi connectivity index (χ3n) is 2.55. The van der Waals surface area contributed by atoms with Crippen LogP contribution in [-0.4, -0.2) is 4.98 Å². The van der Waals surface area contributed by atoms with Crippen molar-refractivity contribution in [2.75, 3.05) is 0 Å². The Bertz CT molecular complexity index is 500. The van der Waals surface area contributed by atoms with Gasteiger partial charge in [-0.15, -0.1) is 0 Å². The summed E-state index contributed by atoms with van der Waals surface area (Å²) in [6, 6.07) is 9.33. The molecule has 0 aliphatic rings. The third-order valence-corrected chi connectivity index (χ3v) is 3.29. The van der Waals surface area contributed by atoms with E-state index in [1.807, 2.05) is 24.3 Å². The molecule has 2 N–H and O–H groups in total. The molecule has 2 rings (SSSR count). The highest BCUT2D eigenvalue weighted by molar-refractivity contribution is 6.42. The maximum absolute atomic E-state index is 6.10. The zero-order valence-electron chi connectivity index (χ0n) is 9.11. The second-order valence-corrected chi connectivity index (χ2v) is 4.66. The number of hydrogen-bond acceptors (Lipinski definition) is 2. The highest BCUT2D eigenvalue weighted by Gasteiger charge is 2.08. The Balaban J connectivity index is 2.13. The van der Waals surface area contributed by atoms with Crippen molar-refractivity contribution in [3.63, 3.8) is 0 Å². The van der Waals surface area contributed by atoms with Crippen LogP contribution in [-0.2, 0) is 6.42 Å². The van der Waals surface area contributed by atoms with Crippen molar-refractivity contribution in [2.45, 2.75) is 12.5 Å². The second-order valence-electron chi connectivity index (χ2n) is 3.85. The van der Waals surface area contributed by atoms with Gasteiger partial charge in [0.25, 0.3) is 0 Å². The molecule has 4 heteroatoms. The van der Waals surface area contributed by atoms with Crippen LogP contribution in [0.5, 0.6) is 0 Å². The van der Waals surface area contributed by atoms with E-state index in [4.69, 9.17) is 28.9 Å². The minimum absolute atomic E-state index is 0.0825. The molecule has 0 radical (unpaired) electrons.